The lowest BCUT2D eigenvalue weighted by Crippen LogP contribution is -2.43. The Morgan fingerprint density at radius 2 is 2.00 bits per heavy atom. The van der Waals surface area contributed by atoms with Crippen molar-refractivity contribution in [2.75, 3.05) is 19.7 Å². The van der Waals surface area contributed by atoms with Gasteiger partial charge in [-0.05, 0) is 63.8 Å². The summed E-state index contributed by atoms with van der Waals surface area (Å²) in [6.45, 7) is 2.35. The van der Waals surface area contributed by atoms with E-state index >= 15 is 0 Å². The van der Waals surface area contributed by atoms with Crippen molar-refractivity contribution in [1.29, 1.82) is 0 Å². The van der Waals surface area contributed by atoms with Crippen LogP contribution in [0.4, 0.5) is 4.39 Å². The molecule has 0 saturated carbocycles. The standard InChI is InChI=1S/C14H16Br2FNO4S/c1-2-22-14(19)9-4-3-5-18(8-9)23(20,21)13-11(15)6-10(17)7-12(13)16/h6-7,9H,2-5,8H2,1H3. The van der Waals surface area contributed by atoms with Crippen molar-refractivity contribution in [1.82, 2.24) is 4.31 Å². The van der Waals surface area contributed by atoms with Gasteiger partial charge in [-0.15, -0.1) is 0 Å². The highest BCUT2D eigenvalue weighted by atomic mass is 79.9. The van der Waals surface area contributed by atoms with Gasteiger partial charge in [-0.1, -0.05) is 0 Å². The van der Waals surface area contributed by atoms with Crippen LogP contribution in [0.25, 0.3) is 0 Å². The van der Waals surface area contributed by atoms with Gasteiger partial charge in [0.25, 0.3) is 0 Å². The number of hydrogen-bond donors (Lipinski definition) is 0. The fourth-order valence-electron chi connectivity index (χ4n) is 2.52. The Morgan fingerprint density at radius 3 is 2.57 bits per heavy atom. The van der Waals surface area contributed by atoms with E-state index in [2.05, 4.69) is 31.9 Å². The molecule has 1 atom stereocenters. The molecule has 2 rings (SSSR count). The van der Waals surface area contributed by atoms with E-state index in [0.29, 0.717) is 19.4 Å². The first kappa shape index (κ1) is 18.8. The van der Waals surface area contributed by atoms with E-state index in [0.717, 1.165) is 12.1 Å². The Kier molecular flexibility index (Phi) is 6.21. The third-order valence-corrected chi connectivity index (χ3v) is 7.31. The van der Waals surface area contributed by atoms with Crippen molar-refractivity contribution < 1.29 is 22.3 Å². The van der Waals surface area contributed by atoms with E-state index in [1.807, 2.05) is 0 Å². The average molecular weight is 473 g/mol. The molecule has 0 radical (unpaired) electrons. The second kappa shape index (κ2) is 7.58. The Hall–Kier alpha value is -0.510. The molecule has 0 amide bonds. The Balaban J connectivity index is 2.31. The quantitative estimate of drug-likeness (QED) is 0.630. The van der Waals surface area contributed by atoms with E-state index in [4.69, 9.17) is 4.74 Å². The summed E-state index contributed by atoms with van der Waals surface area (Å²) in [5.41, 5.74) is 0. The monoisotopic (exact) mass is 471 g/mol. The fraction of sp³-hybridized carbons (Fsp3) is 0.500. The van der Waals surface area contributed by atoms with Crippen LogP contribution >= 0.6 is 31.9 Å². The molecule has 0 bridgehead atoms. The summed E-state index contributed by atoms with van der Waals surface area (Å²) in [4.78, 5) is 11.8. The minimum absolute atomic E-state index is 0.0385. The molecule has 9 heteroatoms. The molecule has 128 valence electrons. The molecule has 1 saturated heterocycles. The number of piperidine rings is 1. The molecule has 1 aliphatic heterocycles. The highest BCUT2D eigenvalue weighted by Gasteiger charge is 2.36. The summed E-state index contributed by atoms with van der Waals surface area (Å²) < 4.78 is 45.6. The maximum absolute atomic E-state index is 13.4. The van der Waals surface area contributed by atoms with Gasteiger partial charge in [-0.25, -0.2) is 12.8 Å². The molecule has 0 aliphatic carbocycles. The molecule has 5 nitrogen and oxygen atoms in total. The van der Waals surface area contributed by atoms with Gasteiger partial charge in [0.1, 0.15) is 10.7 Å². The number of sulfonamides is 1. The predicted octanol–water partition coefficient (Wildman–Crippen LogP) is 3.31. The van der Waals surface area contributed by atoms with Gasteiger partial charge >= 0.3 is 5.97 Å². The van der Waals surface area contributed by atoms with Gasteiger partial charge in [0.05, 0.1) is 12.5 Å². The number of nitrogens with zero attached hydrogens (tertiary/aromatic N) is 1. The van der Waals surface area contributed by atoms with Crippen LogP contribution in [0.1, 0.15) is 19.8 Å². The Labute approximate surface area is 151 Å². The van der Waals surface area contributed by atoms with Crippen LogP contribution in [0, 0.1) is 11.7 Å². The van der Waals surface area contributed by atoms with Crippen LogP contribution < -0.4 is 0 Å². The maximum Gasteiger partial charge on any atom is 0.310 e. The molecule has 0 N–H and O–H groups in total. The zero-order valence-electron chi connectivity index (χ0n) is 12.4. The molecule has 0 aromatic heterocycles. The van der Waals surface area contributed by atoms with Crippen LogP contribution in [0.5, 0.6) is 0 Å². The lowest BCUT2D eigenvalue weighted by Gasteiger charge is -2.31. The van der Waals surface area contributed by atoms with Crippen molar-refractivity contribution in [3.8, 4) is 0 Å². The highest BCUT2D eigenvalue weighted by Crippen LogP contribution is 2.34. The van der Waals surface area contributed by atoms with E-state index in [1.165, 1.54) is 4.31 Å². The first-order chi connectivity index (χ1) is 10.8. The zero-order chi connectivity index (χ0) is 17.2. The number of hydrogen-bond acceptors (Lipinski definition) is 4. The van der Waals surface area contributed by atoms with Gasteiger partial charge < -0.3 is 4.74 Å². The third kappa shape index (κ3) is 4.12. The molecule has 1 aromatic carbocycles. The van der Waals surface area contributed by atoms with Crippen molar-refractivity contribution in [3.05, 3.63) is 26.9 Å². The van der Waals surface area contributed by atoms with Crippen molar-refractivity contribution >= 4 is 47.9 Å². The molecular weight excluding hydrogens is 457 g/mol. The van der Waals surface area contributed by atoms with Gasteiger partial charge in [0, 0.05) is 22.0 Å². The van der Waals surface area contributed by atoms with Crippen LogP contribution in [0.2, 0.25) is 0 Å². The number of esters is 1. The van der Waals surface area contributed by atoms with Crippen LogP contribution in [0.15, 0.2) is 26.0 Å². The van der Waals surface area contributed by atoms with Gasteiger partial charge in [-0.3, -0.25) is 4.79 Å². The summed E-state index contributed by atoms with van der Waals surface area (Å²) in [6.07, 6.45) is 1.16. The summed E-state index contributed by atoms with van der Waals surface area (Å²) in [6, 6.07) is 2.20. The van der Waals surface area contributed by atoms with Crippen molar-refractivity contribution in [2.24, 2.45) is 5.92 Å². The minimum Gasteiger partial charge on any atom is -0.466 e. The zero-order valence-corrected chi connectivity index (χ0v) is 16.4. The maximum atomic E-state index is 13.4. The third-order valence-electron chi connectivity index (χ3n) is 3.56. The molecule has 23 heavy (non-hydrogen) atoms. The summed E-state index contributed by atoms with van der Waals surface area (Å²) in [5, 5.41) is 0. The first-order valence-corrected chi connectivity index (χ1v) is 10.1. The SMILES string of the molecule is CCOC(=O)C1CCCN(S(=O)(=O)c2c(Br)cc(F)cc2Br)C1. The number of rotatable bonds is 4. The molecule has 1 fully saturated rings. The second-order valence-corrected chi connectivity index (χ2v) is 8.74. The van der Waals surface area contributed by atoms with E-state index in [1.54, 1.807) is 6.92 Å². The second-order valence-electron chi connectivity index (χ2n) is 5.15. The molecule has 1 aliphatic rings. The topological polar surface area (TPSA) is 63.7 Å². The first-order valence-electron chi connectivity index (χ1n) is 7.08. The number of ether oxygens (including phenoxy) is 1. The Morgan fingerprint density at radius 1 is 1.39 bits per heavy atom. The van der Waals surface area contributed by atoms with Crippen LogP contribution in [-0.2, 0) is 19.6 Å². The van der Waals surface area contributed by atoms with Gasteiger partial charge in [0.15, 0.2) is 0 Å². The van der Waals surface area contributed by atoms with E-state index in [-0.39, 0.29) is 33.0 Å². The lowest BCUT2D eigenvalue weighted by molar-refractivity contribution is -0.149. The average Bonchev–Trinajstić information content (AvgIpc) is 2.46. The number of carbonyl (C=O) groups excluding carboxylic acids is 1. The molecule has 1 aromatic rings. The largest absolute Gasteiger partial charge is 0.466 e. The smallest absolute Gasteiger partial charge is 0.310 e. The van der Waals surface area contributed by atoms with Crippen molar-refractivity contribution in [3.63, 3.8) is 0 Å². The Bertz CT molecular complexity index is 688. The number of benzene rings is 1. The fourth-order valence-corrected chi connectivity index (χ4v) is 6.49. The predicted molar refractivity (Wildman–Crippen MR) is 89.9 cm³/mol. The number of carbonyl (C=O) groups is 1. The minimum atomic E-state index is -3.86. The molecule has 1 unspecified atom stereocenters. The highest BCUT2D eigenvalue weighted by molar-refractivity contribution is 9.11. The van der Waals surface area contributed by atoms with Crippen LogP contribution in [-0.4, -0.2) is 38.4 Å². The summed E-state index contributed by atoms with van der Waals surface area (Å²) in [5.74, 6) is -1.41. The van der Waals surface area contributed by atoms with Crippen molar-refractivity contribution in [2.45, 2.75) is 24.7 Å². The molecule has 1 heterocycles. The van der Waals surface area contributed by atoms with Crippen LogP contribution in [0.3, 0.4) is 0 Å². The van der Waals surface area contributed by atoms with E-state index < -0.39 is 21.8 Å². The number of halogens is 3. The van der Waals surface area contributed by atoms with E-state index in [9.17, 15) is 17.6 Å². The van der Waals surface area contributed by atoms with Gasteiger partial charge in [0.2, 0.25) is 10.0 Å². The summed E-state index contributed by atoms with van der Waals surface area (Å²) in [7, 11) is -3.86. The molecular formula is C14H16Br2FNO4S. The van der Waals surface area contributed by atoms with Gasteiger partial charge in [-0.2, -0.15) is 4.31 Å². The molecule has 0 spiro atoms. The normalized spacial score (nSPS) is 19.6. The summed E-state index contributed by atoms with van der Waals surface area (Å²) >= 11 is 6.20. The lowest BCUT2D eigenvalue weighted by atomic mass is 10.0.